The molecule has 0 heterocycles. The van der Waals surface area contributed by atoms with Crippen molar-refractivity contribution in [3.8, 4) is 0 Å². The highest BCUT2D eigenvalue weighted by molar-refractivity contribution is 4.71. The third-order valence-electron chi connectivity index (χ3n) is 1.28. The van der Waals surface area contributed by atoms with Crippen LogP contribution < -0.4 is 5.73 Å². The Labute approximate surface area is 55.8 Å². The number of methoxy groups -OCH3 is 1. The summed E-state index contributed by atoms with van der Waals surface area (Å²) in [4.78, 5) is 0. The van der Waals surface area contributed by atoms with Gasteiger partial charge in [0.15, 0.2) is 0 Å². The van der Waals surface area contributed by atoms with E-state index in [-0.39, 0.29) is 6.54 Å². The fraction of sp³-hybridized carbons (Fsp3) is 1.00. The van der Waals surface area contributed by atoms with Gasteiger partial charge in [0.2, 0.25) is 0 Å². The summed E-state index contributed by atoms with van der Waals surface area (Å²) in [6.45, 7) is 2.55. The smallest absolute Gasteiger partial charge is 0.0763 e. The molecular formula is C6H15NO2. The van der Waals surface area contributed by atoms with Crippen molar-refractivity contribution < 1.29 is 9.84 Å². The standard InChI is InChI=1S/C6H15NO2/c1-6(8,5-7)3-4-9-2/h8H,3-5,7H2,1-2H3. The van der Waals surface area contributed by atoms with Gasteiger partial charge in [-0.1, -0.05) is 0 Å². The Morgan fingerprint density at radius 3 is 2.56 bits per heavy atom. The lowest BCUT2D eigenvalue weighted by atomic mass is 10.0. The van der Waals surface area contributed by atoms with E-state index in [4.69, 9.17) is 10.5 Å². The van der Waals surface area contributed by atoms with Crippen LogP contribution in [0, 0.1) is 0 Å². The molecule has 0 aromatic rings. The quantitative estimate of drug-likeness (QED) is 0.555. The molecule has 0 radical (unpaired) electrons. The number of hydrogen-bond donors (Lipinski definition) is 2. The van der Waals surface area contributed by atoms with Gasteiger partial charge in [0.1, 0.15) is 0 Å². The summed E-state index contributed by atoms with van der Waals surface area (Å²) in [5.41, 5.74) is 4.49. The monoisotopic (exact) mass is 133 g/mol. The maximum atomic E-state index is 9.25. The van der Waals surface area contributed by atoms with Gasteiger partial charge in [-0.15, -0.1) is 0 Å². The molecule has 0 aliphatic carbocycles. The molecule has 0 bridgehead atoms. The number of rotatable bonds is 4. The van der Waals surface area contributed by atoms with E-state index in [1.165, 1.54) is 0 Å². The second-order valence-electron chi connectivity index (χ2n) is 2.44. The van der Waals surface area contributed by atoms with E-state index in [0.717, 1.165) is 0 Å². The lowest BCUT2D eigenvalue weighted by molar-refractivity contribution is 0.0322. The molecule has 0 spiro atoms. The van der Waals surface area contributed by atoms with E-state index < -0.39 is 5.60 Å². The minimum absolute atomic E-state index is 0.288. The number of nitrogens with two attached hydrogens (primary N) is 1. The highest BCUT2D eigenvalue weighted by Crippen LogP contribution is 2.05. The average Bonchev–Trinajstić information content (AvgIpc) is 1.84. The van der Waals surface area contributed by atoms with Crippen molar-refractivity contribution in [2.24, 2.45) is 5.73 Å². The molecule has 1 unspecified atom stereocenters. The zero-order valence-corrected chi connectivity index (χ0v) is 6.05. The van der Waals surface area contributed by atoms with Gasteiger partial charge < -0.3 is 15.6 Å². The Kier molecular flexibility index (Phi) is 3.77. The van der Waals surface area contributed by atoms with Gasteiger partial charge in [0, 0.05) is 26.7 Å². The molecule has 0 amide bonds. The minimum atomic E-state index is -0.754. The Hall–Kier alpha value is -0.120. The van der Waals surface area contributed by atoms with Crippen LogP contribution in [0.1, 0.15) is 13.3 Å². The fourth-order valence-electron chi connectivity index (χ4n) is 0.424. The van der Waals surface area contributed by atoms with Gasteiger partial charge in [-0.05, 0) is 6.92 Å². The summed E-state index contributed by atoms with van der Waals surface area (Å²) in [6, 6.07) is 0. The summed E-state index contributed by atoms with van der Waals surface area (Å²) < 4.78 is 4.76. The summed E-state index contributed by atoms with van der Waals surface area (Å²) in [7, 11) is 1.60. The Bertz CT molecular complexity index is 73.5. The van der Waals surface area contributed by atoms with Crippen molar-refractivity contribution in [3.05, 3.63) is 0 Å². The average molecular weight is 133 g/mol. The van der Waals surface area contributed by atoms with Crippen LogP contribution in [0.15, 0.2) is 0 Å². The molecule has 56 valence electrons. The first-order chi connectivity index (χ1) is 4.12. The van der Waals surface area contributed by atoms with E-state index in [2.05, 4.69) is 0 Å². The van der Waals surface area contributed by atoms with E-state index in [1.807, 2.05) is 0 Å². The van der Waals surface area contributed by atoms with E-state index >= 15 is 0 Å². The molecule has 0 saturated heterocycles. The predicted molar refractivity (Wildman–Crippen MR) is 36.2 cm³/mol. The van der Waals surface area contributed by atoms with E-state index in [0.29, 0.717) is 13.0 Å². The maximum Gasteiger partial charge on any atom is 0.0763 e. The van der Waals surface area contributed by atoms with Crippen molar-refractivity contribution in [3.63, 3.8) is 0 Å². The molecule has 3 N–H and O–H groups in total. The van der Waals surface area contributed by atoms with Crippen LogP contribution in [0.25, 0.3) is 0 Å². The van der Waals surface area contributed by atoms with Crippen molar-refractivity contribution in [2.75, 3.05) is 20.3 Å². The Morgan fingerprint density at radius 1 is 1.67 bits per heavy atom. The van der Waals surface area contributed by atoms with Crippen LogP contribution in [0.4, 0.5) is 0 Å². The summed E-state index contributed by atoms with van der Waals surface area (Å²) in [5, 5.41) is 9.25. The van der Waals surface area contributed by atoms with Crippen LogP contribution in [0.5, 0.6) is 0 Å². The first-order valence-corrected chi connectivity index (χ1v) is 3.04. The van der Waals surface area contributed by atoms with E-state index in [9.17, 15) is 5.11 Å². The zero-order valence-electron chi connectivity index (χ0n) is 6.05. The highest BCUT2D eigenvalue weighted by Gasteiger charge is 2.16. The summed E-state index contributed by atoms with van der Waals surface area (Å²) in [5.74, 6) is 0. The second-order valence-corrected chi connectivity index (χ2v) is 2.44. The number of aliphatic hydroxyl groups is 1. The third-order valence-corrected chi connectivity index (χ3v) is 1.28. The summed E-state index contributed by atoms with van der Waals surface area (Å²) in [6.07, 6.45) is 0.597. The molecule has 0 aromatic heterocycles. The largest absolute Gasteiger partial charge is 0.389 e. The van der Waals surface area contributed by atoms with Crippen LogP contribution in [0.2, 0.25) is 0 Å². The molecule has 0 saturated carbocycles. The maximum absolute atomic E-state index is 9.25. The summed E-state index contributed by atoms with van der Waals surface area (Å²) >= 11 is 0. The van der Waals surface area contributed by atoms with Gasteiger partial charge in [0.25, 0.3) is 0 Å². The lowest BCUT2D eigenvalue weighted by Gasteiger charge is -2.19. The van der Waals surface area contributed by atoms with Crippen molar-refractivity contribution >= 4 is 0 Å². The lowest BCUT2D eigenvalue weighted by Crippen LogP contribution is -2.35. The third kappa shape index (κ3) is 4.39. The van der Waals surface area contributed by atoms with Crippen LogP contribution in [-0.4, -0.2) is 31.0 Å². The zero-order chi connectivity index (χ0) is 7.33. The highest BCUT2D eigenvalue weighted by atomic mass is 16.5. The molecule has 0 aromatic carbocycles. The molecule has 3 nitrogen and oxygen atoms in total. The fourth-order valence-corrected chi connectivity index (χ4v) is 0.424. The number of ether oxygens (including phenoxy) is 1. The molecule has 1 atom stereocenters. The second kappa shape index (κ2) is 3.82. The molecule has 0 aliphatic heterocycles. The minimum Gasteiger partial charge on any atom is -0.389 e. The predicted octanol–water partition coefficient (Wildman–Crippen LogP) is -0.267. The van der Waals surface area contributed by atoms with E-state index in [1.54, 1.807) is 14.0 Å². The SMILES string of the molecule is COCCC(C)(O)CN. The number of hydrogen-bond acceptors (Lipinski definition) is 3. The van der Waals surface area contributed by atoms with Crippen molar-refractivity contribution in [1.82, 2.24) is 0 Å². The van der Waals surface area contributed by atoms with Crippen molar-refractivity contribution in [1.29, 1.82) is 0 Å². The van der Waals surface area contributed by atoms with Crippen LogP contribution in [-0.2, 0) is 4.74 Å². The molecule has 0 aliphatic rings. The van der Waals surface area contributed by atoms with Gasteiger partial charge in [-0.25, -0.2) is 0 Å². The Morgan fingerprint density at radius 2 is 2.22 bits per heavy atom. The molecule has 9 heavy (non-hydrogen) atoms. The molecule has 0 fully saturated rings. The Balaban J connectivity index is 3.33. The van der Waals surface area contributed by atoms with Gasteiger partial charge in [0.05, 0.1) is 5.60 Å². The van der Waals surface area contributed by atoms with Crippen molar-refractivity contribution in [2.45, 2.75) is 18.9 Å². The first-order valence-electron chi connectivity index (χ1n) is 3.04. The molecular weight excluding hydrogens is 118 g/mol. The molecule has 0 rings (SSSR count). The first kappa shape index (κ1) is 8.88. The topological polar surface area (TPSA) is 55.5 Å². The normalized spacial score (nSPS) is 17.3. The molecule has 3 heteroatoms. The van der Waals surface area contributed by atoms with Gasteiger partial charge >= 0.3 is 0 Å². The van der Waals surface area contributed by atoms with Crippen LogP contribution >= 0.6 is 0 Å². The van der Waals surface area contributed by atoms with Gasteiger partial charge in [-0.2, -0.15) is 0 Å². The van der Waals surface area contributed by atoms with Crippen LogP contribution in [0.3, 0.4) is 0 Å². The van der Waals surface area contributed by atoms with Gasteiger partial charge in [-0.3, -0.25) is 0 Å².